The third-order valence-corrected chi connectivity index (χ3v) is 3.61. The Morgan fingerprint density at radius 3 is 2.38 bits per heavy atom. The SMILES string of the molecule is CC(C)(CCC(OS(C)(=O)=O)C1NC(=O)NC1=O)[N+](=O)[O-]. The highest BCUT2D eigenvalue weighted by Crippen LogP contribution is 2.21. The third kappa shape index (κ3) is 4.93. The van der Waals surface area contributed by atoms with Gasteiger partial charge in [-0.25, -0.2) is 4.79 Å². The maximum atomic E-state index is 11.6. The van der Waals surface area contributed by atoms with Crippen LogP contribution < -0.4 is 10.6 Å². The summed E-state index contributed by atoms with van der Waals surface area (Å²) in [5.74, 6) is -0.729. The number of carbonyl (C=O) groups is 2. The molecule has 0 saturated carbocycles. The van der Waals surface area contributed by atoms with E-state index in [1.807, 2.05) is 5.32 Å². The first-order valence-electron chi connectivity index (χ1n) is 6.06. The fraction of sp³-hybridized carbons (Fsp3) is 0.800. The van der Waals surface area contributed by atoms with Gasteiger partial charge in [0.05, 0.1) is 6.26 Å². The van der Waals surface area contributed by atoms with Crippen molar-refractivity contribution in [3.8, 4) is 0 Å². The average molecular weight is 323 g/mol. The van der Waals surface area contributed by atoms with Crippen LogP contribution >= 0.6 is 0 Å². The molecule has 1 rings (SSSR count). The minimum absolute atomic E-state index is 0.0279. The minimum atomic E-state index is -3.89. The maximum Gasteiger partial charge on any atom is 0.322 e. The summed E-state index contributed by atoms with van der Waals surface area (Å²) in [5.41, 5.74) is -1.31. The summed E-state index contributed by atoms with van der Waals surface area (Å²) in [7, 11) is -3.89. The van der Waals surface area contributed by atoms with E-state index in [2.05, 4.69) is 5.32 Å². The summed E-state index contributed by atoms with van der Waals surface area (Å²) < 4.78 is 27.3. The van der Waals surface area contributed by atoms with E-state index in [1.54, 1.807) is 0 Å². The summed E-state index contributed by atoms with van der Waals surface area (Å²) in [6.45, 7) is 2.75. The van der Waals surface area contributed by atoms with Gasteiger partial charge in [-0.05, 0) is 6.42 Å². The third-order valence-electron chi connectivity index (χ3n) is 3.01. The van der Waals surface area contributed by atoms with Crippen molar-refractivity contribution in [3.05, 3.63) is 10.1 Å². The Kier molecular flexibility index (Phi) is 4.89. The first-order valence-corrected chi connectivity index (χ1v) is 7.88. The molecule has 0 spiro atoms. The van der Waals surface area contributed by atoms with Crippen molar-refractivity contribution in [2.24, 2.45) is 0 Å². The lowest BCUT2D eigenvalue weighted by Crippen LogP contribution is -2.44. The Labute approximate surface area is 121 Å². The Balaban J connectivity index is 2.86. The Morgan fingerprint density at radius 2 is 2.00 bits per heavy atom. The second-order valence-corrected chi connectivity index (χ2v) is 6.99. The lowest BCUT2D eigenvalue weighted by atomic mass is 9.95. The van der Waals surface area contributed by atoms with Gasteiger partial charge in [-0.15, -0.1) is 0 Å². The second-order valence-electron chi connectivity index (χ2n) is 5.39. The average Bonchev–Trinajstić information content (AvgIpc) is 2.62. The molecule has 1 aliphatic heterocycles. The van der Waals surface area contributed by atoms with Gasteiger partial charge in [0.25, 0.3) is 16.0 Å². The number of nitro groups is 1. The molecule has 1 heterocycles. The zero-order valence-corrected chi connectivity index (χ0v) is 12.6. The van der Waals surface area contributed by atoms with Gasteiger partial charge >= 0.3 is 6.03 Å². The fourth-order valence-corrected chi connectivity index (χ4v) is 2.43. The molecular formula is C10H17N3O7S. The number of hydrogen-bond donors (Lipinski definition) is 2. The molecule has 0 aromatic carbocycles. The highest BCUT2D eigenvalue weighted by molar-refractivity contribution is 7.86. The van der Waals surface area contributed by atoms with Crippen LogP contribution in [0.4, 0.5) is 4.79 Å². The summed E-state index contributed by atoms with van der Waals surface area (Å²) in [6, 6.07) is -1.96. The lowest BCUT2D eigenvalue weighted by molar-refractivity contribution is -0.561. The molecule has 0 aromatic rings. The molecule has 11 heteroatoms. The molecule has 2 unspecified atom stereocenters. The normalized spacial score (nSPS) is 20.8. The van der Waals surface area contributed by atoms with Crippen LogP contribution in [0.3, 0.4) is 0 Å². The van der Waals surface area contributed by atoms with Gasteiger partial charge < -0.3 is 5.32 Å². The van der Waals surface area contributed by atoms with E-state index in [0.29, 0.717) is 0 Å². The predicted molar refractivity (Wildman–Crippen MR) is 70.5 cm³/mol. The van der Waals surface area contributed by atoms with Gasteiger partial charge in [0.15, 0.2) is 0 Å². The molecule has 2 N–H and O–H groups in total. The fourth-order valence-electron chi connectivity index (χ4n) is 1.78. The molecule has 0 aliphatic carbocycles. The minimum Gasteiger partial charge on any atom is -0.323 e. The molecule has 1 fully saturated rings. The van der Waals surface area contributed by atoms with Gasteiger partial charge in [-0.2, -0.15) is 8.42 Å². The van der Waals surface area contributed by atoms with Crippen molar-refractivity contribution in [1.29, 1.82) is 0 Å². The van der Waals surface area contributed by atoms with Crippen molar-refractivity contribution in [3.63, 3.8) is 0 Å². The standard InChI is InChI=1S/C10H17N3O7S/c1-10(2,13(16)17)5-4-6(20-21(3,18)19)7-8(14)12-9(15)11-7/h6-7H,4-5H2,1-3H3,(H2,11,12,14,15). The van der Waals surface area contributed by atoms with E-state index in [1.165, 1.54) is 13.8 Å². The van der Waals surface area contributed by atoms with E-state index in [9.17, 15) is 28.1 Å². The molecule has 0 bridgehead atoms. The van der Waals surface area contributed by atoms with E-state index in [0.717, 1.165) is 6.26 Å². The predicted octanol–water partition coefficient (Wildman–Crippen LogP) is -0.625. The van der Waals surface area contributed by atoms with Crippen LogP contribution in [0.15, 0.2) is 0 Å². The largest absolute Gasteiger partial charge is 0.323 e. The zero-order valence-electron chi connectivity index (χ0n) is 11.8. The molecule has 1 aliphatic rings. The monoisotopic (exact) mass is 323 g/mol. The van der Waals surface area contributed by atoms with Crippen molar-refractivity contribution in [1.82, 2.24) is 10.6 Å². The number of amides is 3. The maximum absolute atomic E-state index is 11.6. The van der Waals surface area contributed by atoms with Crippen LogP contribution in [0.1, 0.15) is 26.7 Å². The molecule has 21 heavy (non-hydrogen) atoms. The number of rotatable bonds is 7. The first-order chi connectivity index (χ1) is 9.42. The number of imide groups is 1. The van der Waals surface area contributed by atoms with Crippen molar-refractivity contribution >= 4 is 22.1 Å². The molecule has 1 saturated heterocycles. The Bertz CT molecular complexity index is 557. The van der Waals surface area contributed by atoms with Gasteiger partial charge in [0.1, 0.15) is 12.1 Å². The van der Waals surface area contributed by atoms with Crippen molar-refractivity contribution in [2.45, 2.75) is 44.4 Å². The summed E-state index contributed by atoms with van der Waals surface area (Å²) in [5, 5.41) is 15.0. The number of urea groups is 1. The van der Waals surface area contributed by atoms with Gasteiger partial charge in [-0.3, -0.25) is 24.4 Å². The molecule has 10 nitrogen and oxygen atoms in total. The molecule has 120 valence electrons. The van der Waals surface area contributed by atoms with Crippen LogP contribution in [-0.2, 0) is 19.1 Å². The topological polar surface area (TPSA) is 145 Å². The van der Waals surface area contributed by atoms with E-state index in [-0.39, 0.29) is 12.8 Å². The first kappa shape index (κ1) is 17.3. The number of carbonyl (C=O) groups excluding carboxylic acids is 2. The number of nitrogens with one attached hydrogen (secondary N) is 2. The van der Waals surface area contributed by atoms with E-state index >= 15 is 0 Å². The van der Waals surface area contributed by atoms with Crippen LogP contribution in [0.5, 0.6) is 0 Å². The van der Waals surface area contributed by atoms with E-state index in [4.69, 9.17) is 4.18 Å². The lowest BCUT2D eigenvalue weighted by Gasteiger charge is -2.23. The summed E-state index contributed by atoms with van der Waals surface area (Å²) in [4.78, 5) is 33.0. The van der Waals surface area contributed by atoms with Crippen LogP contribution in [0.25, 0.3) is 0 Å². The smallest absolute Gasteiger partial charge is 0.322 e. The van der Waals surface area contributed by atoms with Crippen LogP contribution in [-0.4, -0.2) is 49.2 Å². The van der Waals surface area contributed by atoms with Crippen LogP contribution in [0.2, 0.25) is 0 Å². The van der Waals surface area contributed by atoms with Gasteiger partial charge in [0, 0.05) is 25.2 Å². The Hall–Kier alpha value is -1.75. The second kappa shape index (κ2) is 5.93. The Morgan fingerprint density at radius 1 is 1.43 bits per heavy atom. The molecule has 2 atom stereocenters. The van der Waals surface area contributed by atoms with Gasteiger partial charge in [0.2, 0.25) is 5.54 Å². The van der Waals surface area contributed by atoms with Gasteiger partial charge in [-0.1, -0.05) is 0 Å². The number of nitrogens with zero attached hydrogens (tertiary/aromatic N) is 1. The van der Waals surface area contributed by atoms with Crippen LogP contribution in [0, 0.1) is 10.1 Å². The zero-order chi connectivity index (χ0) is 16.4. The van der Waals surface area contributed by atoms with Crippen molar-refractivity contribution < 1.29 is 27.1 Å². The molecule has 3 amide bonds. The highest BCUT2D eigenvalue weighted by Gasteiger charge is 2.41. The molecule has 0 aromatic heterocycles. The molecular weight excluding hydrogens is 306 g/mol. The van der Waals surface area contributed by atoms with E-state index < -0.39 is 44.7 Å². The summed E-state index contributed by atoms with van der Waals surface area (Å²) >= 11 is 0. The number of hydrogen-bond acceptors (Lipinski definition) is 7. The quantitative estimate of drug-likeness (QED) is 0.275. The molecule has 0 radical (unpaired) electrons. The van der Waals surface area contributed by atoms with Crippen molar-refractivity contribution in [2.75, 3.05) is 6.26 Å². The summed E-state index contributed by atoms with van der Waals surface area (Å²) in [6.07, 6.45) is -0.516. The highest BCUT2D eigenvalue weighted by atomic mass is 32.2.